The molecule has 0 saturated carbocycles. The van der Waals surface area contributed by atoms with Crippen LogP contribution in [-0.4, -0.2) is 17.0 Å². The molecule has 0 heterocycles. The monoisotopic (exact) mass is 286 g/mol. The van der Waals surface area contributed by atoms with Crippen LogP contribution in [0.5, 0.6) is 0 Å². The maximum atomic E-state index is 11.3. The van der Waals surface area contributed by atoms with Gasteiger partial charge in [0, 0.05) is 19.4 Å². The molecule has 0 radical (unpaired) electrons. The molecule has 1 aromatic rings. The number of aliphatic hydroxyl groups excluding tert-OH is 1. The van der Waals surface area contributed by atoms with Crippen LogP contribution in [0.4, 0.5) is 0 Å². The Kier molecular flexibility index (Phi) is 4.23. The van der Waals surface area contributed by atoms with Gasteiger partial charge in [-0.2, -0.15) is 0 Å². The van der Waals surface area contributed by atoms with Crippen molar-refractivity contribution in [3.05, 3.63) is 59.2 Å². The number of hydrogen-bond acceptors (Lipinski definition) is 5. The summed E-state index contributed by atoms with van der Waals surface area (Å²) in [6, 6.07) is 7.47. The van der Waals surface area contributed by atoms with Crippen LogP contribution in [0.1, 0.15) is 25.0 Å². The van der Waals surface area contributed by atoms with Gasteiger partial charge in [-0.1, -0.05) is 30.3 Å². The Balaban J connectivity index is 2.56. The Labute approximate surface area is 121 Å². The fourth-order valence-electron chi connectivity index (χ4n) is 2.02. The third-order valence-electron chi connectivity index (χ3n) is 2.77. The van der Waals surface area contributed by atoms with E-state index < -0.39 is 11.9 Å². The first kappa shape index (κ1) is 14.6. The van der Waals surface area contributed by atoms with Gasteiger partial charge in [-0.15, -0.1) is 0 Å². The number of esters is 2. The lowest BCUT2D eigenvalue weighted by molar-refractivity contribution is -0.141. The fourth-order valence-corrected chi connectivity index (χ4v) is 2.02. The highest BCUT2D eigenvalue weighted by Crippen LogP contribution is 2.34. The molecule has 0 aliphatic heterocycles. The van der Waals surface area contributed by atoms with Crippen molar-refractivity contribution in [1.82, 2.24) is 0 Å². The molecule has 0 amide bonds. The van der Waals surface area contributed by atoms with Crippen LogP contribution in [0, 0.1) is 0 Å². The number of carbonyl (C=O) groups excluding carboxylic acids is 2. The Morgan fingerprint density at radius 3 is 2.33 bits per heavy atom. The summed E-state index contributed by atoms with van der Waals surface area (Å²) in [4.78, 5) is 22.4. The average molecular weight is 286 g/mol. The lowest BCUT2D eigenvalue weighted by Crippen LogP contribution is -2.09. The van der Waals surface area contributed by atoms with E-state index in [9.17, 15) is 14.7 Å². The van der Waals surface area contributed by atoms with Gasteiger partial charge in [-0.3, -0.25) is 9.59 Å². The zero-order chi connectivity index (χ0) is 15.4. The standard InChI is InChI=1S/C16H14O5/c1-10(18)20-15(9-17)16(21-11(2)19)14-8-7-12-5-3-4-6-13(12)14/h3-9,17H,1-2H3. The zero-order valence-electron chi connectivity index (χ0n) is 11.6. The smallest absolute Gasteiger partial charge is 0.308 e. The van der Waals surface area contributed by atoms with Crippen molar-refractivity contribution in [2.45, 2.75) is 13.8 Å². The molecular formula is C16H14O5. The quantitative estimate of drug-likeness (QED) is 0.683. The number of fused-ring (bicyclic) bond motifs is 1. The molecule has 5 nitrogen and oxygen atoms in total. The highest BCUT2D eigenvalue weighted by atomic mass is 16.6. The van der Waals surface area contributed by atoms with Crippen molar-refractivity contribution in [2.75, 3.05) is 0 Å². The molecule has 1 N–H and O–H groups in total. The highest BCUT2D eigenvalue weighted by Gasteiger charge is 2.22. The first-order valence-corrected chi connectivity index (χ1v) is 6.26. The molecule has 0 atom stereocenters. The molecule has 1 aliphatic carbocycles. The van der Waals surface area contributed by atoms with E-state index in [4.69, 9.17) is 9.47 Å². The van der Waals surface area contributed by atoms with Gasteiger partial charge in [0.05, 0.1) is 0 Å². The van der Waals surface area contributed by atoms with Gasteiger partial charge >= 0.3 is 11.9 Å². The summed E-state index contributed by atoms with van der Waals surface area (Å²) < 4.78 is 10.0. The van der Waals surface area contributed by atoms with E-state index in [0.29, 0.717) is 11.8 Å². The van der Waals surface area contributed by atoms with Crippen molar-refractivity contribution in [1.29, 1.82) is 0 Å². The van der Waals surface area contributed by atoms with Crippen molar-refractivity contribution in [3.8, 4) is 0 Å². The van der Waals surface area contributed by atoms with Crippen molar-refractivity contribution >= 4 is 23.6 Å². The van der Waals surface area contributed by atoms with E-state index in [2.05, 4.69) is 0 Å². The van der Waals surface area contributed by atoms with E-state index in [1.54, 1.807) is 6.08 Å². The van der Waals surface area contributed by atoms with Gasteiger partial charge in [0.2, 0.25) is 5.76 Å². The number of benzene rings is 1. The molecule has 1 aromatic carbocycles. The maximum Gasteiger partial charge on any atom is 0.308 e. The summed E-state index contributed by atoms with van der Waals surface area (Å²) in [6.45, 7) is 2.42. The summed E-state index contributed by atoms with van der Waals surface area (Å²) in [5.41, 5.74) is 2.32. The molecule has 0 saturated heterocycles. The van der Waals surface area contributed by atoms with E-state index in [-0.39, 0.29) is 11.5 Å². The summed E-state index contributed by atoms with van der Waals surface area (Å²) >= 11 is 0. The van der Waals surface area contributed by atoms with Gasteiger partial charge in [0.15, 0.2) is 5.76 Å². The second-order valence-electron chi connectivity index (χ2n) is 4.34. The van der Waals surface area contributed by atoms with E-state index in [1.165, 1.54) is 13.8 Å². The summed E-state index contributed by atoms with van der Waals surface area (Å²) in [7, 11) is 0. The minimum atomic E-state index is -0.629. The summed E-state index contributed by atoms with van der Waals surface area (Å²) in [5.74, 6) is -1.42. The van der Waals surface area contributed by atoms with Gasteiger partial charge in [0.1, 0.15) is 6.26 Å². The van der Waals surface area contributed by atoms with E-state index >= 15 is 0 Å². The maximum absolute atomic E-state index is 11.3. The van der Waals surface area contributed by atoms with Gasteiger partial charge in [-0.05, 0) is 17.2 Å². The predicted octanol–water partition coefficient (Wildman–Crippen LogP) is 2.95. The molecular weight excluding hydrogens is 272 g/mol. The molecule has 0 aromatic heterocycles. The molecule has 2 rings (SSSR count). The van der Waals surface area contributed by atoms with Gasteiger partial charge < -0.3 is 14.6 Å². The number of rotatable bonds is 3. The Morgan fingerprint density at radius 2 is 1.71 bits per heavy atom. The van der Waals surface area contributed by atoms with Crippen LogP contribution in [0.15, 0.2) is 48.1 Å². The van der Waals surface area contributed by atoms with Crippen LogP contribution in [-0.2, 0) is 19.1 Å². The van der Waals surface area contributed by atoms with Crippen LogP contribution < -0.4 is 0 Å². The highest BCUT2D eigenvalue weighted by molar-refractivity contribution is 5.93. The first-order valence-electron chi connectivity index (χ1n) is 6.26. The normalized spacial score (nSPS) is 15.4. The summed E-state index contributed by atoms with van der Waals surface area (Å²) in [5, 5.41) is 9.28. The Hall–Kier alpha value is -2.82. The SMILES string of the molecule is CC(=O)OC(=CO)C(OC(C)=O)=C1C=Cc2ccccc21. The van der Waals surface area contributed by atoms with E-state index in [1.807, 2.05) is 30.3 Å². The summed E-state index contributed by atoms with van der Waals surface area (Å²) in [6.07, 6.45) is 4.17. The lowest BCUT2D eigenvalue weighted by Gasteiger charge is -2.13. The van der Waals surface area contributed by atoms with Crippen molar-refractivity contribution in [2.24, 2.45) is 0 Å². The predicted molar refractivity (Wildman–Crippen MR) is 76.6 cm³/mol. The first-order chi connectivity index (χ1) is 10.0. The molecule has 0 spiro atoms. The molecule has 1 aliphatic rings. The molecule has 5 heteroatoms. The minimum absolute atomic E-state index is 0.00130. The Bertz CT molecular complexity index is 680. The zero-order valence-corrected chi connectivity index (χ0v) is 11.6. The second kappa shape index (κ2) is 6.09. The van der Waals surface area contributed by atoms with E-state index in [0.717, 1.165) is 11.1 Å². The topological polar surface area (TPSA) is 72.8 Å². The number of ether oxygens (including phenoxy) is 2. The van der Waals surface area contributed by atoms with Crippen LogP contribution in [0.25, 0.3) is 11.6 Å². The lowest BCUT2D eigenvalue weighted by atomic mass is 10.0. The van der Waals surface area contributed by atoms with Crippen LogP contribution in [0.3, 0.4) is 0 Å². The van der Waals surface area contributed by atoms with Gasteiger partial charge in [-0.25, -0.2) is 0 Å². The second-order valence-corrected chi connectivity index (χ2v) is 4.34. The molecule has 0 fully saturated rings. The number of aliphatic hydroxyl groups is 1. The van der Waals surface area contributed by atoms with Crippen LogP contribution >= 0.6 is 0 Å². The minimum Gasteiger partial charge on any atom is -0.512 e. The number of carbonyl (C=O) groups is 2. The van der Waals surface area contributed by atoms with Crippen molar-refractivity contribution < 1.29 is 24.2 Å². The third-order valence-corrected chi connectivity index (χ3v) is 2.77. The molecule has 21 heavy (non-hydrogen) atoms. The average Bonchev–Trinajstić information content (AvgIpc) is 2.86. The third kappa shape index (κ3) is 3.20. The van der Waals surface area contributed by atoms with Gasteiger partial charge in [0.25, 0.3) is 0 Å². The number of allylic oxidation sites excluding steroid dienone is 2. The molecule has 0 bridgehead atoms. The molecule has 108 valence electrons. The van der Waals surface area contributed by atoms with Crippen LogP contribution in [0.2, 0.25) is 0 Å². The largest absolute Gasteiger partial charge is 0.512 e. The number of hydrogen-bond donors (Lipinski definition) is 1. The Morgan fingerprint density at radius 1 is 1.05 bits per heavy atom. The van der Waals surface area contributed by atoms with Crippen molar-refractivity contribution in [3.63, 3.8) is 0 Å². The molecule has 0 unspecified atom stereocenters. The fraction of sp³-hybridized carbons (Fsp3) is 0.125.